The van der Waals surface area contributed by atoms with E-state index in [-0.39, 0.29) is 5.92 Å². The van der Waals surface area contributed by atoms with Crippen LogP contribution in [0.15, 0.2) is 0 Å². The number of carbonyl (C=O) groups is 1. The molecule has 0 unspecified atom stereocenters. The number of rotatable bonds is 6. The molecule has 1 fully saturated rings. The molecule has 0 atom stereocenters. The Balaban J connectivity index is 2.28. The third-order valence-electron chi connectivity index (χ3n) is 3.96. The predicted molar refractivity (Wildman–Crippen MR) is 73.3 cm³/mol. The Morgan fingerprint density at radius 2 is 1.94 bits per heavy atom. The standard InChI is InChI=1S/C14H26ClNO/c1-3-4-5-12-6-8-13(9-7-12)14(17)16(2)11-10-15/h12-13H,3-11H2,1-2H3. The number of amides is 1. The largest absolute Gasteiger partial charge is 0.344 e. The van der Waals surface area contributed by atoms with Crippen LogP contribution in [-0.2, 0) is 4.79 Å². The Hall–Kier alpha value is -0.240. The summed E-state index contributed by atoms with van der Waals surface area (Å²) < 4.78 is 0. The lowest BCUT2D eigenvalue weighted by molar-refractivity contribution is -0.135. The predicted octanol–water partition coefficient (Wildman–Crippen LogP) is 3.68. The maximum Gasteiger partial charge on any atom is 0.225 e. The van der Waals surface area contributed by atoms with Crippen molar-refractivity contribution in [2.45, 2.75) is 51.9 Å². The van der Waals surface area contributed by atoms with Crippen molar-refractivity contribution in [3.05, 3.63) is 0 Å². The molecular weight excluding hydrogens is 234 g/mol. The molecule has 1 saturated carbocycles. The molecule has 0 N–H and O–H groups in total. The number of halogens is 1. The summed E-state index contributed by atoms with van der Waals surface area (Å²) >= 11 is 5.67. The van der Waals surface area contributed by atoms with E-state index in [2.05, 4.69) is 6.92 Å². The topological polar surface area (TPSA) is 20.3 Å². The van der Waals surface area contributed by atoms with E-state index in [0.717, 1.165) is 18.8 Å². The fraction of sp³-hybridized carbons (Fsp3) is 0.929. The molecule has 1 aliphatic carbocycles. The average molecular weight is 260 g/mol. The van der Waals surface area contributed by atoms with E-state index in [1.165, 1.54) is 32.1 Å². The van der Waals surface area contributed by atoms with Crippen molar-refractivity contribution in [3.63, 3.8) is 0 Å². The van der Waals surface area contributed by atoms with Crippen LogP contribution >= 0.6 is 11.6 Å². The summed E-state index contributed by atoms with van der Waals surface area (Å²) in [5.74, 6) is 1.98. The van der Waals surface area contributed by atoms with Gasteiger partial charge in [0.05, 0.1) is 0 Å². The quantitative estimate of drug-likeness (QED) is 0.667. The highest BCUT2D eigenvalue weighted by molar-refractivity contribution is 6.18. The number of carbonyl (C=O) groups excluding carboxylic acids is 1. The van der Waals surface area contributed by atoms with Crippen LogP contribution in [0.2, 0.25) is 0 Å². The van der Waals surface area contributed by atoms with Gasteiger partial charge in [-0.2, -0.15) is 0 Å². The maximum absolute atomic E-state index is 12.1. The van der Waals surface area contributed by atoms with Crippen LogP contribution in [0.3, 0.4) is 0 Å². The zero-order valence-corrected chi connectivity index (χ0v) is 12.0. The zero-order chi connectivity index (χ0) is 12.7. The van der Waals surface area contributed by atoms with E-state index in [9.17, 15) is 4.79 Å². The highest BCUT2D eigenvalue weighted by Gasteiger charge is 2.27. The third kappa shape index (κ3) is 4.87. The van der Waals surface area contributed by atoms with Crippen LogP contribution in [0.4, 0.5) is 0 Å². The van der Waals surface area contributed by atoms with E-state index in [1.807, 2.05) is 7.05 Å². The minimum atomic E-state index is 0.265. The van der Waals surface area contributed by atoms with Gasteiger partial charge in [0, 0.05) is 25.4 Å². The molecule has 1 aliphatic rings. The van der Waals surface area contributed by atoms with Crippen molar-refractivity contribution in [1.82, 2.24) is 4.90 Å². The molecule has 0 radical (unpaired) electrons. The van der Waals surface area contributed by atoms with Crippen molar-refractivity contribution < 1.29 is 4.79 Å². The molecule has 0 aliphatic heterocycles. The van der Waals surface area contributed by atoms with Crippen LogP contribution < -0.4 is 0 Å². The normalized spacial score (nSPS) is 24.6. The number of hydrogen-bond acceptors (Lipinski definition) is 1. The Labute approximate surface area is 111 Å². The third-order valence-corrected chi connectivity index (χ3v) is 4.13. The minimum Gasteiger partial charge on any atom is -0.344 e. The number of alkyl halides is 1. The lowest BCUT2D eigenvalue weighted by Gasteiger charge is -2.30. The molecular formula is C14H26ClNO. The molecule has 3 heteroatoms. The van der Waals surface area contributed by atoms with Gasteiger partial charge in [-0.1, -0.05) is 26.2 Å². The zero-order valence-electron chi connectivity index (χ0n) is 11.3. The van der Waals surface area contributed by atoms with Crippen LogP contribution in [-0.4, -0.2) is 30.3 Å². The molecule has 100 valence electrons. The fourth-order valence-corrected chi connectivity index (χ4v) is 2.99. The summed E-state index contributed by atoms with van der Waals surface area (Å²) in [6.45, 7) is 2.92. The molecule has 1 amide bonds. The van der Waals surface area contributed by atoms with Crippen molar-refractivity contribution in [1.29, 1.82) is 0 Å². The van der Waals surface area contributed by atoms with Gasteiger partial charge in [-0.05, 0) is 31.6 Å². The van der Waals surface area contributed by atoms with E-state index in [0.29, 0.717) is 18.3 Å². The first kappa shape index (κ1) is 14.8. The van der Waals surface area contributed by atoms with Crippen molar-refractivity contribution in [2.75, 3.05) is 19.5 Å². The first-order chi connectivity index (χ1) is 8.19. The summed E-state index contributed by atoms with van der Waals surface area (Å²) in [6, 6.07) is 0. The van der Waals surface area contributed by atoms with Gasteiger partial charge in [-0.15, -0.1) is 11.6 Å². The van der Waals surface area contributed by atoms with Crippen LogP contribution in [0.1, 0.15) is 51.9 Å². The monoisotopic (exact) mass is 259 g/mol. The van der Waals surface area contributed by atoms with Crippen LogP contribution in [0.5, 0.6) is 0 Å². The molecule has 17 heavy (non-hydrogen) atoms. The molecule has 0 aromatic carbocycles. The first-order valence-electron chi connectivity index (χ1n) is 7.00. The van der Waals surface area contributed by atoms with E-state index in [4.69, 9.17) is 11.6 Å². The van der Waals surface area contributed by atoms with Gasteiger partial charge < -0.3 is 4.90 Å². The molecule has 0 saturated heterocycles. The summed E-state index contributed by atoms with van der Waals surface area (Å²) in [4.78, 5) is 13.9. The van der Waals surface area contributed by atoms with E-state index >= 15 is 0 Å². The Morgan fingerprint density at radius 3 is 2.47 bits per heavy atom. The van der Waals surface area contributed by atoms with Gasteiger partial charge in [0.1, 0.15) is 0 Å². The second-order valence-electron chi connectivity index (χ2n) is 5.31. The molecule has 0 spiro atoms. The van der Waals surface area contributed by atoms with Crippen LogP contribution in [0, 0.1) is 11.8 Å². The van der Waals surface area contributed by atoms with Crippen LogP contribution in [0.25, 0.3) is 0 Å². The van der Waals surface area contributed by atoms with Crippen molar-refractivity contribution in [2.24, 2.45) is 11.8 Å². The Kier molecular flexibility index (Phi) is 6.94. The highest BCUT2D eigenvalue weighted by atomic mass is 35.5. The lowest BCUT2D eigenvalue weighted by atomic mass is 9.79. The molecule has 2 nitrogen and oxygen atoms in total. The Morgan fingerprint density at radius 1 is 1.29 bits per heavy atom. The fourth-order valence-electron chi connectivity index (χ4n) is 2.74. The average Bonchev–Trinajstić information content (AvgIpc) is 2.36. The SMILES string of the molecule is CCCCC1CCC(C(=O)N(C)CCCl)CC1. The number of unbranched alkanes of at least 4 members (excludes halogenated alkanes) is 1. The van der Waals surface area contributed by atoms with Gasteiger partial charge in [0.25, 0.3) is 0 Å². The smallest absolute Gasteiger partial charge is 0.225 e. The minimum absolute atomic E-state index is 0.265. The molecule has 0 aromatic heterocycles. The van der Waals surface area contributed by atoms with E-state index in [1.54, 1.807) is 4.90 Å². The summed E-state index contributed by atoms with van der Waals surface area (Å²) in [5, 5.41) is 0. The van der Waals surface area contributed by atoms with Gasteiger partial charge in [0.2, 0.25) is 5.91 Å². The second-order valence-corrected chi connectivity index (χ2v) is 5.69. The van der Waals surface area contributed by atoms with Gasteiger partial charge in [-0.25, -0.2) is 0 Å². The summed E-state index contributed by atoms with van der Waals surface area (Å²) in [5.41, 5.74) is 0. The maximum atomic E-state index is 12.1. The summed E-state index contributed by atoms with van der Waals surface area (Å²) in [7, 11) is 1.87. The molecule has 0 aromatic rings. The number of nitrogens with zero attached hydrogens (tertiary/aromatic N) is 1. The number of hydrogen-bond donors (Lipinski definition) is 0. The van der Waals surface area contributed by atoms with Gasteiger partial charge in [0.15, 0.2) is 0 Å². The molecule has 0 bridgehead atoms. The summed E-state index contributed by atoms with van der Waals surface area (Å²) in [6.07, 6.45) is 8.64. The van der Waals surface area contributed by atoms with Crippen molar-refractivity contribution >= 4 is 17.5 Å². The Bertz CT molecular complexity index is 224. The molecule has 0 heterocycles. The van der Waals surface area contributed by atoms with E-state index < -0.39 is 0 Å². The van der Waals surface area contributed by atoms with Gasteiger partial charge in [-0.3, -0.25) is 4.79 Å². The second kappa shape index (κ2) is 7.97. The highest BCUT2D eigenvalue weighted by Crippen LogP contribution is 2.32. The van der Waals surface area contributed by atoms with Crippen molar-refractivity contribution in [3.8, 4) is 0 Å². The van der Waals surface area contributed by atoms with Gasteiger partial charge >= 0.3 is 0 Å². The molecule has 1 rings (SSSR count). The lowest BCUT2D eigenvalue weighted by Crippen LogP contribution is -2.36. The first-order valence-corrected chi connectivity index (χ1v) is 7.53.